The van der Waals surface area contributed by atoms with Gasteiger partial charge in [-0.3, -0.25) is 14.6 Å². The number of carbonyl (C=O) groups excluding carboxylic acids is 2. The van der Waals surface area contributed by atoms with E-state index in [9.17, 15) is 9.59 Å². The van der Waals surface area contributed by atoms with E-state index in [0.29, 0.717) is 12.1 Å². The van der Waals surface area contributed by atoms with Gasteiger partial charge in [0, 0.05) is 17.3 Å². The second kappa shape index (κ2) is 7.19. The summed E-state index contributed by atoms with van der Waals surface area (Å²) in [5.41, 5.74) is 3.42. The van der Waals surface area contributed by atoms with E-state index < -0.39 is 0 Å². The van der Waals surface area contributed by atoms with E-state index in [2.05, 4.69) is 22.5 Å². The standard InChI is InChI=1S/C22H21N3O2/c1-2-14-8-10-16(11-9-14)24-21(26)17-13-18(17)22(27)25-19-7-3-5-15-6-4-12-23-20(15)19/h3-12,17-18H,2,13H2,1H3,(H,24,26)(H,25,27). The fraction of sp³-hybridized carbons (Fsp3) is 0.227. The number of benzene rings is 2. The lowest BCUT2D eigenvalue weighted by atomic mass is 10.1. The van der Waals surface area contributed by atoms with Crippen LogP contribution >= 0.6 is 0 Å². The average Bonchev–Trinajstić information content (AvgIpc) is 3.50. The van der Waals surface area contributed by atoms with Gasteiger partial charge in [-0.1, -0.05) is 37.3 Å². The van der Waals surface area contributed by atoms with Gasteiger partial charge in [-0.2, -0.15) is 0 Å². The Labute approximate surface area is 157 Å². The summed E-state index contributed by atoms with van der Waals surface area (Å²) in [6, 6.07) is 17.3. The van der Waals surface area contributed by atoms with Crippen molar-refractivity contribution in [2.45, 2.75) is 19.8 Å². The van der Waals surface area contributed by atoms with Crippen molar-refractivity contribution in [2.75, 3.05) is 10.6 Å². The quantitative estimate of drug-likeness (QED) is 0.723. The van der Waals surface area contributed by atoms with Crippen LogP contribution < -0.4 is 10.6 Å². The molecule has 3 aromatic rings. The number of fused-ring (bicyclic) bond motifs is 1. The van der Waals surface area contributed by atoms with Gasteiger partial charge < -0.3 is 10.6 Å². The predicted molar refractivity (Wildman–Crippen MR) is 106 cm³/mol. The molecule has 2 N–H and O–H groups in total. The molecule has 5 heteroatoms. The number of aryl methyl sites for hydroxylation is 1. The van der Waals surface area contributed by atoms with Crippen LogP contribution in [0.25, 0.3) is 10.9 Å². The van der Waals surface area contributed by atoms with Gasteiger partial charge in [0.25, 0.3) is 0 Å². The third kappa shape index (κ3) is 3.67. The summed E-state index contributed by atoms with van der Waals surface area (Å²) in [4.78, 5) is 29.3. The molecule has 2 aromatic carbocycles. The predicted octanol–water partition coefficient (Wildman–Crippen LogP) is 4.01. The molecule has 1 aliphatic rings. The minimum atomic E-state index is -0.293. The molecule has 2 atom stereocenters. The SMILES string of the molecule is CCc1ccc(NC(=O)C2CC2C(=O)Nc2cccc3cccnc23)cc1. The minimum Gasteiger partial charge on any atom is -0.326 e. The van der Waals surface area contributed by atoms with E-state index in [0.717, 1.165) is 23.0 Å². The molecular formula is C22H21N3O2. The monoisotopic (exact) mass is 359 g/mol. The Balaban J connectivity index is 1.39. The number of hydrogen-bond donors (Lipinski definition) is 2. The number of amides is 2. The first kappa shape index (κ1) is 17.2. The molecule has 0 spiro atoms. The minimum absolute atomic E-state index is 0.101. The number of aromatic nitrogens is 1. The highest BCUT2D eigenvalue weighted by Crippen LogP contribution is 2.40. The third-order valence-electron chi connectivity index (χ3n) is 4.98. The maximum atomic E-state index is 12.6. The lowest BCUT2D eigenvalue weighted by molar-refractivity contribution is -0.122. The number of carbonyl (C=O) groups is 2. The molecule has 1 aromatic heterocycles. The van der Waals surface area contributed by atoms with Gasteiger partial charge in [0.15, 0.2) is 0 Å². The zero-order valence-electron chi connectivity index (χ0n) is 15.1. The molecule has 5 nitrogen and oxygen atoms in total. The van der Waals surface area contributed by atoms with Crippen molar-refractivity contribution < 1.29 is 9.59 Å². The number of pyridine rings is 1. The highest BCUT2D eigenvalue weighted by Gasteiger charge is 2.48. The summed E-state index contributed by atoms with van der Waals surface area (Å²) in [7, 11) is 0. The van der Waals surface area contributed by atoms with Crippen LogP contribution in [-0.4, -0.2) is 16.8 Å². The highest BCUT2D eigenvalue weighted by molar-refractivity contribution is 6.06. The van der Waals surface area contributed by atoms with Crippen LogP contribution in [0.3, 0.4) is 0 Å². The molecule has 1 saturated carbocycles. The maximum absolute atomic E-state index is 12.6. The van der Waals surface area contributed by atoms with Crippen molar-refractivity contribution in [3.8, 4) is 0 Å². The van der Waals surface area contributed by atoms with Gasteiger partial charge in [-0.25, -0.2) is 0 Å². The molecule has 2 unspecified atom stereocenters. The summed E-state index contributed by atoms with van der Waals surface area (Å²) in [5, 5.41) is 6.80. The normalized spacial score (nSPS) is 18.1. The van der Waals surface area contributed by atoms with Crippen molar-refractivity contribution in [1.82, 2.24) is 4.98 Å². The largest absolute Gasteiger partial charge is 0.326 e. The number of nitrogens with zero attached hydrogens (tertiary/aromatic N) is 1. The zero-order valence-corrected chi connectivity index (χ0v) is 15.1. The molecule has 1 fully saturated rings. The first-order valence-electron chi connectivity index (χ1n) is 9.20. The van der Waals surface area contributed by atoms with Gasteiger partial charge in [0.2, 0.25) is 11.8 Å². The van der Waals surface area contributed by atoms with Crippen molar-refractivity contribution in [1.29, 1.82) is 0 Å². The van der Waals surface area contributed by atoms with Crippen LogP contribution in [-0.2, 0) is 16.0 Å². The molecule has 0 saturated heterocycles. The van der Waals surface area contributed by atoms with Gasteiger partial charge in [0.05, 0.1) is 23.0 Å². The fourth-order valence-corrected chi connectivity index (χ4v) is 3.26. The lowest BCUT2D eigenvalue weighted by Crippen LogP contribution is -2.20. The fourth-order valence-electron chi connectivity index (χ4n) is 3.26. The Bertz CT molecular complexity index is 993. The van der Waals surface area contributed by atoms with Gasteiger partial charge in [-0.05, 0) is 42.7 Å². The van der Waals surface area contributed by atoms with Crippen LogP contribution in [0.4, 0.5) is 11.4 Å². The Morgan fingerprint density at radius 1 is 0.963 bits per heavy atom. The zero-order chi connectivity index (χ0) is 18.8. The van der Waals surface area contributed by atoms with Crippen molar-refractivity contribution in [3.05, 3.63) is 66.4 Å². The van der Waals surface area contributed by atoms with Crippen LogP contribution in [0.5, 0.6) is 0 Å². The van der Waals surface area contributed by atoms with Crippen molar-refractivity contribution in [2.24, 2.45) is 11.8 Å². The van der Waals surface area contributed by atoms with Gasteiger partial charge in [0.1, 0.15) is 0 Å². The molecule has 136 valence electrons. The molecule has 27 heavy (non-hydrogen) atoms. The molecule has 0 radical (unpaired) electrons. The van der Waals surface area contributed by atoms with E-state index in [1.165, 1.54) is 5.56 Å². The number of nitrogens with one attached hydrogen (secondary N) is 2. The van der Waals surface area contributed by atoms with E-state index >= 15 is 0 Å². The molecule has 1 aliphatic carbocycles. The molecular weight excluding hydrogens is 338 g/mol. The van der Waals surface area contributed by atoms with E-state index in [-0.39, 0.29) is 23.7 Å². The number of anilines is 2. The average molecular weight is 359 g/mol. The Morgan fingerprint density at radius 3 is 2.41 bits per heavy atom. The highest BCUT2D eigenvalue weighted by atomic mass is 16.2. The van der Waals surface area contributed by atoms with Gasteiger partial charge >= 0.3 is 0 Å². The first-order valence-corrected chi connectivity index (χ1v) is 9.20. The smallest absolute Gasteiger partial charge is 0.228 e. The number of rotatable bonds is 5. The third-order valence-corrected chi connectivity index (χ3v) is 4.98. The molecule has 0 bridgehead atoms. The van der Waals surface area contributed by atoms with Crippen LogP contribution in [0, 0.1) is 11.8 Å². The van der Waals surface area contributed by atoms with E-state index in [1.807, 2.05) is 54.6 Å². The van der Waals surface area contributed by atoms with E-state index in [1.54, 1.807) is 6.20 Å². The van der Waals surface area contributed by atoms with Crippen molar-refractivity contribution in [3.63, 3.8) is 0 Å². The lowest BCUT2D eigenvalue weighted by Gasteiger charge is -2.08. The van der Waals surface area contributed by atoms with Crippen LogP contribution in [0.1, 0.15) is 18.9 Å². The maximum Gasteiger partial charge on any atom is 0.228 e. The second-order valence-corrected chi connectivity index (χ2v) is 6.86. The van der Waals surface area contributed by atoms with E-state index in [4.69, 9.17) is 0 Å². The summed E-state index contributed by atoms with van der Waals surface area (Å²) >= 11 is 0. The Morgan fingerprint density at radius 2 is 1.67 bits per heavy atom. The topological polar surface area (TPSA) is 71.1 Å². The van der Waals surface area contributed by atoms with Gasteiger partial charge in [-0.15, -0.1) is 0 Å². The Hall–Kier alpha value is -3.21. The summed E-state index contributed by atoms with van der Waals surface area (Å²) in [6.45, 7) is 2.09. The number of hydrogen-bond acceptors (Lipinski definition) is 3. The molecule has 0 aliphatic heterocycles. The first-order chi connectivity index (χ1) is 13.2. The molecule has 2 amide bonds. The molecule has 1 heterocycles. The summed E-state index contributed by atoms with van der Waals surface area (Å²) in [5.74, 6) is -0.803. The summed E-state index contributed by atoms with van der Waals surface area (Å²) in [6.07, 6.45) is 3.24. The Kier molecular flexibility index (Phi) is 4.59. The van der Waals surface area contributed by atoms with Crippen LogP contribution in [0.2, 0.25) is 0 Å². The second-order valence-electron chi connectivity index (χ2n) is 6.86. The van der Waals surface area contributed by atoms with Crippen molar-refractivity contribution >= 4 is 34.1 Å². The van der Waals surface area contributed by atoms with Crippen LogP contribution in [0.15, 0.2) is 60.8 Å². The summed E-state index contributed by atoms with van der Waals surface area (Å²) < 4.78 is 0. The number of para-hydroxylation sites is 1. The molecule has 4 rings (SSSR count).